The van der Waals surface area contributed by atoms with E-state index >= 15 is 0 Å². The molecule has 0 aliphatic rings. The van der Waals surface area contributed by atoms with Gasteiger partial charge in [-0.1, -0.05) is 6.07 Å². The van der Waals surface area contributed by atoms with Crippen LogP contribution in [0.3, 0.4) is 0 Å². The van der Waals surface area contributed by atoms with Gasteiger partial charge in [-0.15, -0.1) is 13.2 Å². The van der Waals surface area contributed by atoms with Crippen LogP contribution in [0.25, 0.3) is 0 Å². The van der Waals surface area contributed by atoms with Gasteiger partial charge >= 0.3 is 12.3 Å². The summed E-state index contributed by atoms with van der Waals surface area (Å²) in [5, 5.41) is 8.80. The van der Waals surface area contributed by atoms with E-state index in [1.807, 2.05) is 0 Å². The molecule has 0 spiro atoms. The van der Waals surface area contributed by atoms with Crippen LogP contribution in [0.4, 0.5) is 13.2 Å². The number of carbonyl (C=O) groups is 1. The number of benzene rings is 1. The van der Waals surface area contributed by atoms with Crippen molar-refractivity contribution in [1.29, 1.82) is 5.26 Å². The molecular formula is C12H9F3INO3. The lowest BCUT2D eigenvalue weighted by Gasteiger charge is -2.14. The molecular weight excluding hydrogens is 390 g/mol. The number of hydrogen-bond acceptors (Lipinski definition) is 4. The average Bonchev–Trinajstić information content (AvgIpc) is 2.33. The van der Waals surface area contributed by atoms with Crippen LogP contribution in [0, 0.1) is 14.9 Å². The number of esters is 1. The molecule has 1 rings (SSSR count). The van der Waals surface area contributed by atoms with E-state index < -0.39 is 18.1 Å². The molecule has 0 N–H and O–H groups in total. The predicted molar refractivity (Wildman–Crippen MR) is 70.9 cm³/mol. The van der Waals surface area contributed by atoms with E-state index in [1.54, 1.807) is 35.6 Å². The molecule has 108 valence electrons. The first-order valence-corrected chi connectivity index (χ1v) is 6.49. The van der Waals surface area contributed by atoms with Gasteiger partial charge in [0, 0.05) is 0 Å². The smallest absolute Gasteiger partial charge is 0.466 e. The number of ether oxygens (including phenoxy) is 2. The van der Waals surface area contributed by atoms with Gasteiger partial charge in [-0.05, 0) is 41.1 Å². The zero-order valence-electron chi connectivity index (χ0n) is 10.3. The Kier molecular flexibility index (Phi) is 5.62. The van der Waals surface area contributed by atoms with Gasteiger partial charge in [0.1, 0.15) is 6.07 Å². The minimum atomic E-state index is -4.91. The van der Waals surface area contributed by atoms with E-state index in [-0.39, 0.29) is 22.2 Å². The highest BCUT2D eigenvalue weighted by atomic mass is 127. The van der Waals surface area contributed by atoms with E-state index in [0.29, 0.717) is 5.56 Å². The molecule has 1 aromatic carbocycles. The van der Waals surface area contributed by atoms with E-state index in [0.717, 1.165) is 0 Å². The van der Waals surface area contributed by atoms with Gasteiger partial charge in [-0.2, -0.15) is 5.26 Å². The molecule has 0 atom stereocenters. The van der Waals surface area contributed by atoms with Gasteiger partial charge < -0.3 is 9.47 Å². The van der Waals surface area contributed by atoms with Crippen LogP contribution in [0.15, 0.2) is 12.1 Å². The minimum absolute atomic E-state index is 0.0621. The molecule has 0 amide bonds. The number of nitriles is 1. The van der Waals surface area contributed by atoms with Crippen LogP contribution in [0.2, 0.25) is 0 Å². The number of nitrogens with zero attached hydrogens (tertiary/aromatic N) is 1. The van der Waals surface area contributed by atoms with Crippen LogP contribution in [-0.4, -0.2) is 18.9 Å². The summed E-state index contributed by atoms with van der Waals surface area (Å²) in [6.07, 6.45) is -5.10. The number of halogens is 4. The summed E-state index contributed by atoms with van der Waals surface area (Å²) in [4.78, 5) is 11.4. The van der Waals surface area contributed by atoms with Gasteiger partial charge in [0.25, 0.3) is 0 Å². The first kappa shape index (κ1) is 16.6. The summed E-state index contributed by atoms with van der Waals surface area (Å²) in [6, 6.07) is 4.20. The highest BCUT2D eigenvalue weighted by Gasteiger charge is 2.33. The maximum atomic E-state index is 12.3. The van der Waals surface area contributed by atoms with Crippen molar-refractivity contribution in [1.82, 2.24) is 0 Å². The summed E-state index contributed by atoms with van der Waals surface area (Å²) in [7, 11) is 0. The minimum Gasteiger partial charge on any atom is -0.466 e. The quantitative estimate of drug-likeness (QED) is 0.577. The standard InChI is InChI=1S/C12H9F3INO3/c1-2-19-9(18)5-7-3-4-8(6-17)11(10(7)16)20-12(13,14)15/h3-4H,2,5H2,1H3. The fourth-order valence-corrected chi connectivity index (χ4v) is 2.18. The molecule has 0 unspecified atom stereocenters. The Hall–Kier alpha value is -1.50. The summed E-state index contributed by atoms with van der Waals surface area (Å²) >= 11 is 1.61. The molecule has 0 fully saturated rings. The van der Waals surface area contributed by atoms with Crippen molar-refractivity contribution in [2.24, 2.45) is 0 Å². The largest absolute Gasteiger partial charge is 0.573 e. The Morgan fingerprint density at radius 2 is 2.10 bits per heavy atom. The summed E-state index contributed by atoms with van der Waals surface area (Å²) in [6.45, 7) is 1.80. The van der Waals surface area contributed by atoms with Gasteiger partial charge in [0.05, 0.1) is 22.2 Å². The zero-order valence-corrected chi connectivity index (χ0v) is 12.4. The predicted octanol–water partition coefficient (Wildman–Crippen LogP) is 3.17. The fraction of sp³-hybridized carbons (Fsp3) is 0.333. The van der Waals surface area contributed by atoms with E-state index in [1.165, 1.54) is 12.1 Å². The third-order valence-electron chi connectivity index (χ3n) is 2.16. The lowest BCUT2D eigenvalue weighted by atomic mass is 10.1. The highest BCUT2D eigenvalue weighted by Crippen LogP contribution is 2.33. The van der Waals surface area contributed by atoms with Crippen LogP contribution in [0.5, 0.6) is 5.75 Å². The van der Waals surface area contributed by atoms with Crippen molar-refractivity contribution in [2.75, 3.05) is 6.61 Å². The number of carbonyl (C=O) groups excluding carboxylic acids is 1. The molecule has 0 heterocycles. The Balaban J connectivity index is 3.15. The molecule has 4 nitrogen and oxygen atoms in total. The van der Waals surface area contributed by atoms with E-state index in [4.69, 9.17) is 10.00 Å². The highest BCUT2D eigenvalue weighted by molar-refractivity contribution is 14.1. The Morgan fingerprint density at radius 3 is 2.60 bits per heavy atom. The van der Waals surface area contributed by atoms with Gasteiger partial charge in [-0.3, -0.25) is 4.79 Å². The molecule has 0 bridgehead atoms. The molecule has 0 aromatic heterocycles. The second kappa shape index (κ2) is 6.78. The van der Waals surface area contributed by atoms with E-state index in [2.05, 4.69) is 4.74 Å². The van der Waals surface area contributed by atoms with Crippen molar-refractivity contribution in [3.63, 3.8) is 0 Å². The Bertz CT molecular complexity index is 552. The molecule has 0 aliphatic heterocycles. The molecule has 0 saturated heterocycles. The SMILES string of the molecule is CCOC(=O)Cc1ccc(C#N)c(OC(F)(F)F)c1I. The molecule has 1 aromatic rings. The zero-order chi connectivity index (χ0) is 15.3. The second-order valence-electron chi connectivity index (χ2n) is 3.56. The van der Waals surface area contributed by atoms with Crippen molar-refractivity contribution in [3.8, 4) is 11.8 Å². The summed E-state index contributed by atoms with van der Waals surface area (Å²) < 4.78 is 45.6. The van der Waals surface area contributed by atoms with Crippen LogP contribution < -0.4 is 4.74 Å². The van der Waals surface area contributed by atoms with Gasteiger partial charge in [-0.25, -0.2) is 0 Å². The van der Waals surface area contributed by atoms with Crippen molar-refractivity contribution >= 4 is 28.6 Å². The van der Waals surface area contributed by atoms with Crippen molar-refractivity contribution < 1.29 is 27.4 Å². The maximum absolute atomic E-state index is 12.3. The number of alkyl halides is 3. The maximum Gasteiger partial charge on any atom is 0.573 e. The van der Waals surface area contributed by atoms with Gasteiger partial charge in [0.2, 0.25) is 0 Å². The average molecular weight is 399 g/mol. The monoisotopic (exact) mass is 399 g/mol. The molecule has 0 aliphatic carbocycles. The molecule has 20 heavy (non-hydrogen) atoms. The first-order chi connectivity index (χ1) is 9.28. The summed E-state index contributed by atoms with van der Waals surface area (Å²) in [5.41, 5.74) is 0.0571. The first-order valence-electron chi connectivity index (χ1n) is 5.41. The van der Waals surface area contributed by atoms with Crippen LogP contribution in [0.1, 0.15) is 18.1 Å². The van der Waals surface area contributed by atoms with Crippen LogP contribution in [-0.2, 0) is 16.0 Å². The second-order valence-corrected chi connectivity index (χ2v) is 4.64. The third kappa shape index (κ3) is 4.56. The molecule has 0 radical (unpaired) electrons. The van der Waals surface area contributed by atoms with Gasteiger partial charge in [0.15, 0.2) is 5.75 Å². The third-order valence-corrected chi connectivity index (χ3v) is 3.34. The topological polar surface area (TPSA) is 59.3 Å². The number of hydrogen-bond donors (Lipinski definition) is 0. The fourth-order valence-electron chi connectivity index (χ4n) is 1.40. The van der Waals surface area contributed by atoms with Crippen LogP contribution >= 0.6 is 22.6 Å². The van der Waals surface area contributed by atoms with Crippen molar-refractivity contribution in [3.05, 3.63) is 26.8 Å². The molecule has 8 heteroatoms. The lowest BCUT2D eigenvalue weighted by Crippen LogP contribution is -2.19. The molecule has 0 saturated carbocycles. The summed E-state index contributed by atoms with van der Waals surface area (Å²) in [5.74, 6) is -1.16. The van der Waals surface area contributed by atoms with Crippen molar-refractivity contribution in [2.45, 2.75) is 19.7 Å². The Morgan fingerprint density at radius 1 is 1.45 bits per heavy atom. The lowest BCUT2D eigenvalue weighted by molar-refractivity contribution is -0.275. The van der Waals surface area contributed by atoms with E-state index in [9.17, 15) is 18.0 Å². The normalized spacial score (nSPS) is 10.8. The number of rotatable bonds is 4. The Labute approximate surface area is 126 Å².